The van der Waals surface area contributed by atoms with Crippen LogP contribution in [-0.2, 0) is 0 Å². The Labute approximate surface area is 108 Å². The van der Waals surface area contributed by atoms with Crippen LogP contribution in [0, 0.1) is 6.07 Å². The van der Waals surface area contributed by atoms with Crippen LogP contribution in [-0.4, -0.2) is 22.2 Å². The fourth-order valence-corrected chi connectivity index (χ4v) is 1.56. The van der Waals surface area contributed by atoms with E-state index in [9.17, 15) is 9.59 Å². The fourth-order valence-electron chi connectivity index (χ4n) is 1.56. The number of aromatic carboxylic acids is 2. The van der Waals surface area contributed by atoms with Crippen molar-refractivity contribution >= 4 is 11.9 Å². The lowest BCUT2D eigenvalue weighted by Crippen LogP contribution is -2.09. The van der Waals surface area contributed by atoms with E-state index in [-0.39, 0.29) is 5.75 Å². The molecule has 5 nitrogen and oxygen atoms in total. The lowest BCUT2D eigenvalue weighted by Gasteiger charge is -2.10. The molecule has 2 aromatic carbocycles. The minimum absolute atomic E-state index is 0.0325. The van der Waals surface area contributed by atoms with Gasteiger partial charge in [-0.2, -0.15) is 0 Å². The van der Waals surface area contributed by atoms with Crippen LogP contribution < -0.4 is 4.74 Å². The van der Waals surface area contributed by atoms with E-state index in [0.717, 1.165) is 0 Å². The van der Waals surface area contributed by atoms with Gasteiger partial charge in [0.1, 0.15) is 17.1 Å². The van der Waals surface area contributed by atoms with Crippen molar-refractivity contribution in [2.45, 2.75) is 0 Å². The molecule has 0 bridgehead atoms. The molecule has 0 aliphatic heterocycles. The van der Waals surface area contributed by atoms with Gasteiger partial charge in [-0.15, -0.1) is 0 Å². The van der Waals surface area contributed by atoms with Gasteiger partial charge in [-0.1, -0.05) is 18.2 Å². The van der Waals surface area contributed by atoms with Gasteiger partial charge in [0.25, 0.3) is 0 Å². The van der Waals surface area contributed by atoms with Crippen LogP contribution in [0.1, 0.15) is 20.7 Å². The first-order valence-corrected chi connectivity index (χ1v) is 5.34. The van der Waals surface area contributed by atoms with Gasteiger partial charge in [0.2, 0.25) is 0 Å². The van der Waals surface area contributed by atoms with Gasteiger partial charge in [-0.05, 0) is 30.3 Å². The maximum absolute atomic E-state index is 11.2. The minimum Gasteiger partial charge on any atom is -0.478 e. The summed E-state index contributed by atoms with van der Waals surface area (Å²) in [5, 5.41) is 18.1. The summed E-state index contributed by atoms with van der Waals surface area (Å²) in [4.78, 5) is 22.2. The highest BCUT2D eigenvalue weighted by molar-refractivity contribution is 6.03. The van der Waals surface area contributed by atoms with Crippen molar-refractivity contribution in [3.8, 4) is 11.5 Å². The van der Waals surface area contributed by atoms with Crippen LogP contribution in [0.4, 0.5) is 0 Å². The third-order valence-corrected chi connectivity index (χ3v) is 2.36. The number of hydrogen-bond acceptors (Lipinski definition) is 3. The summed E-state index contributed by atoms with van der Waals surface area (Å²) in [6, 6.07) is 13.6. The summed E-state index contributed by atoms with van der Waals surface area (Å²) >= 11 is 0. The maximum atomic E-state index is 11.2. The van der Waals surface area contributed by atoms with Crippen molar-refractivity contribution < 1.29 is 24.5 Å². The molecule has 1 radical (unpaired) electrons. The molecule has 0 spiro atoms. The summed E-state index contributed by atoms with van der Waals surface area (Å²) in [6.45, 7) is 0. The van der Waals surface area contributed by atoms with Crippen LogP contribution >= 0.6 is 0 Å². The first-order valence-electron chi connectivity index (χ1n) is 5.34. The lowest BCUT2D eigenvalue weighted by molar-refractivity contribution is 0.0648. The van der Waals surface area contributed by atoms with E-state index in [1.807, 2.05) is 0 Å². The Kier molecular flexibility index (Phi) is 3.47. The predicted octanol–water partition coefficient (Wildman–Crippen LogP) is 2.68. The van der Waals surface area contributed by atoms with Crippen molar-refractivity contribution in [3.63, 3.8) is 0 Å². The molecule has 0 aromatic heterocycles. The zero-order chi connectivity index (χ0) is 13.8. The number of benzene rings is 2. The fraction of sp³-hybridized carbons (Fsp3) is 0. The van der Waals surface area contributed by atoms with Gasteiger partial charge >= 0.3 is 11.9 Å². The van der Waals surface area contributed by atoms with Crippen LogP contribution in [0.25, 0.3) is 0 Å². The standard InChI is InChI=1S/C14H9O5/c15-13(16)10-7-4-8-11(12(10)14(17)18)19-9-5-2-1-3-6-9/h1-6,8H,(H,15,16)(H,17,18). The zero-order valence-electron chi connectivity index (χ0n) is 9.66. The monoisotopic (exact) mass is 257 g/mol. The third-order valence-electron chi connectivity index (χ3n) is 2.36. The van der Waals surface area contributed by atoms with Crippen LogP contribution in [0.3, 0.4) is 0 Å². The van der Waals surface area contributed by atoms with Gasteiger partial charge < -0.3 is 14.9 Å². The smallest absolute Gasteiger partial charge is 0.340 e. The molecule has 95 valence electrons. The molecular weight excluding hydrogens is 248 g/mol. The van der Waals surface area contributed by atoms with Gasteiger partial charge in [-0.3, -0.25) is 0 Å². The molecule has 0 atom stereocenters. The first kappa shape index (κ1) is 12.6. The summed E-state index contributed by atoms with van der Waals surface area (Å²) in [5.41, 5.74) is -0.847. The highest BCUT2D eigenvalue weighted by Crippen LogP contribution is 2.27. The van der Waals surface area contributed by atoms with Crippen molar-refractivity contribution in [1.82, 2.24) is 0 Å². The van der Waals surface area contributed by atoms with Gasteiger partial charge in [0.15, 0.2) is 0 Å². The van der Waals surface area contributed by atoms with Crippen LogP contribution in [0.2, 0.25) is 0 Å². The second kappa shape index (κ2) is 5.22. The van der Waals surface area contributed by atoms with Gasteiger partial charge in [-0.25, -0.2) is 9.59 Å². The average molecular weight is 257 g/mol. The van der Waals surface area contributed by atoms with Gasteiger partial charge in [0, 0.05) is 0 Å². The summed E-state index contributed by atoms with van der Waals surface area (Å²) in [6.07, 6.45) is 0. The molecule has 2 rings (SSSR count). The second-order valence-electron chi connectivity index (χ2n) is 3.62. The number of para-hydroxylation sites is 1. The van der Waals surface area contributed by atoms with Crippen molar-refractivity contribution in [3.05, 3.63) is 59.7 Å². The highest BCUT2D eigenvalue weighted by Gasteiger charge is 2.21. The molecular formula is C14H9O5. The SMILES string of the molecule is O=C(O)c1[c]ccc(Oc2ccccc2)c1C(=O)O. The Bertz CT molecular complexity index is 619. The Morgan fingerprint density at radius 2 is 1.68 bits per heavy atom. The highest BCUT2D eigenvalue weighted by atomic mass is 16.5. The molecule has 0 fully saturated rings. The van der Waals surface area contributed by atoms with E-state index >= 15 is 0 Å². The minimum atomic E-state index is -1.37. The number of rotatable bonds is 4. The Morgan fingerprint density at radius 1 is 1.00 bits per heavy atom. The van der Waals surface area contributed by atoms with E-state index in [1.54, 1.807) is 30.3 Å². The number of carbonyl (C=O) groups is 2. The van der Waals surface area contributed by atoms with E-state index < -0.39 is 23.1 Å². The number of hydrogen-bond donors (Lipinski definition) is 2. The number of ether oxygens (including phenoxy) is 1. The van der Waals surface area contributed by atoms with E-state index in [0.29, 0.717) is 5.75 Å². The Morgan fingerprint density at radius 3 is 2.26 bits per heavy atom. The molecule has 2 N–H and O–H groups in total. The molecule has 0 saturated carbocycles. The largest absolute Gasteiger partial charge is 0.478 e. The summed E-state index contributed by atoms with van der Waals surface area (Å²) < 4.78 is 5.40. The molecule has 0 amide bonds. The summed E-state index contributed by atoms with van der Waals surface area (Å²) in [7, 11) is 0. The average Bonchev–Trinajstić information content (AvgIpc) is 2.39. The summed E-state index contributed by atoms with van der Waals surface area (Å²) in [5.74, 6) is -2.35. The molecule has 0 aliphatic rings. The normalized spacial score (nSPS) is 9.89. The molecule has 0 unspecified atom stereocenters. The van der Waals surface area contributed by atoms with Crippen LogP contribution in [0.15, 0.2) is 42.5 Å². The lowest BCUT2D eigenvalue weighted by atomic mass is 10.1. The van der Waals surface area contributed by atoms with E-state index in [2.05, 4.69) is 6.07 Å². The quantitative estimate of drug-likeness (QED) is 0.879. The second-order valence-corrected chi connectivity index (χ2v) is 3.62. The number of carboxylic acids is 2. The number of carboxylic acid groups (broad SMARTS) is 2. The molecule has 0 saturated heterocycles. The molecule has 19 heavy (non-hydrogen) atoms. The maximum Gasteiger partial charge on any atom is 0.340 e. The Hall–Kier alpha value is -2.82. The third kappa shape index (κ3) is 2.71. The van der Waals surface area contributed by atoms with E-state index in [4.69, 9.17) is 14.9 Å². The van der Waals surface area contributed by atoms with Crippen LogP contribution in [0.5, 0.6) is 11.5 Å². The zero-order valence-corrected chi connectivity index (χ0v) is 9.66. The molecule has 2 aromatic rings. The first-order chi connectivity index (χ1) is 9.09. The van der Waals surface area contributed by atoms with Gasteiger partial charge in [0.05, 0.1) is 5.56 Å². The Balaban J connectivity index is 2.48. The van der Waals surface area contributed by atoms with Crippen molar-refractivity contribution in [2.24, 2.45) is 0 Å². The topological polar surface area (TPSA) is 83.8 Å². The van der Waals surface area contributed by atoms with Crippen molar-refractivity contribution in [2.75, 3.05) is 0 Å². The predicted molar refractivity (Wildman–Crippen MR) is 65.7 cm³/mol. The van der Waals surface area contributed by atoms with E-state index in [1.165, 1.54) is 12.1 Å². The molecule has 5 heteroatoms. The molecule has 0 heterocycles. The molecule has 0 aliphatic carbocycles. The van der Waals surface area contributed by atoms with Crippen molar-refractivity contribution in [1.29, 1.82) is 0 Å².